The van der Waals surface area contributed by atoms with E-state index < -0.39 is 0 Å². The van der Waals surface area contributed by atoms with Gasteiger partial charge < -0.3 is 5.32 Å². The number of halogens is 1. The van der Waals surface area contributed by atoms with Gasteiger partial charge in [-0.2, -0.15) is 5.10 Å². The summed E-state index contributed by atoms with van der Waals surface area (Å²) in [6.07, 6.45) is 2.31. The summed E-state index contributed by atoms with van der Waals surface area (Å²) >= 11 is 6.27. The van der Waals surface area contributed by atoms with E-state index in [0.717, 1.165) is 34.7 Å². The van der Waals surface area contributed by atoms with Gasteiger partial charge in [0, 0.05) is 19.5 Å². The molecule has 0 spiro atoms. The van der Waals surface area contributed by atoms with E-state index in [4.69, 9.17) is 11.6 Å². The molecule has 16 heavy (non-hydrogen) atoms. The van der Waals surface area contributed by atoms with Crippen LogP contribution in [0.4, 0.5) is 0 Å². The molecule has 2 rings (SSSR count). The minimum absolute atomic E-state index is 0.530. The largest absolute Gasteiger partial charge is 0.316 e. The number of aromatic nitrogens is 2. The van der Waals surface area contributed by atoms with Gasteiger partial charge in [0.1, 0.15) is 0 Å². The molecular formula is C12H20ClN3. The summed E-state index contributed by atoms with van der Waals surface area (Å²) in [5, 5.41) is 8.59. The monoisotopic (exact) mass is 241 g/mol. The standard InChI is InChI=1S/C12H20ClN3/c1-7-5-9(7)10(14-3)6-11-12(13)8(2)15-16(11)4/h7,9-10,14H,5-6H2,1-4H3. The summed E-state index contributed by atoms with van der Waals surface area (Å²) in [6, 6.07) is 0.530. The van der Waals surface area contributed by atoms with Crippen LogP contribution in [0.5, 0.6) is 0 Å². The molecule has 1 aliphatic rings. The molecular weight excluding hydrogens is 222 g/mol. The first-order valence-electron chi connectivity index (χ1n) is 5.89. The first-order valence-corrected chi connectivity index (χ1v) is 6.27. The SMILES string of the molecule is CNC(Cc1c(Cl)c(C)nn1C)C1CC1C. The number of likely N-dealkylation sites (N-methyl/N-ethyl adjacent to an activating group) is 1. The number of nitrogens with zero attached hydrogens (tertiary/aromatic N) is 2. The average Bonchev–Trinajstić information content (AvgIpc) is 2.90. The van der Waals surface area contributed by atoms with Crippen LogP contribution in [0.2, 0.25) is 5.02 Å². The van der Waals surface area contributed by atoms with Crippen LogP contribution in [0, 0.1) is 18.8 Å². The van der Waals surface area contributed by atoms with E-state index in [9.17, 15) is 0 Å². The third-order valence-electron chi connectivity index (χ3n) is 3.73. The van der Waals surface area contributed by atoms with E-state index in [0.29, 0.717) is 6.04 Å². The highest BCUT2D eigenvalue weighted by Crippen LogP contribution is 2.41. The van der Waals surface area contributed by atoms with Crippen molar-refractivity contribution in [3.63, 3.8) is 0 Å². The highest BCUT2D eigenvalue weighted by Gasteiger charge is 2.39. The van der Waals surface area contributed by atoms with E-state index >= 15 is 0 Å². The number of aryl methyl sites for hydroxylation is 2. The van der Waals surface area contributed by atoms with E-state index in [-0.39, 0.29) is 0 Å². The first-order chi connectivity index (χ1) is 7.54. The molecule has 0 amide bonds. The molecule has 1 heterocycles. The fraction of sp³-hybridized carbons (Fsp3) is 0.750. The zero-order chi connectivity index (χ0) is 11.9. The topological polar surface area (TPSA) is 29.9 Å². The van der Waals surface area contributed by atoms with Gasteiger partial charge in [-0.3, -0.25) is 4.68 Å². The minimum atomic E-state index is 0.530. The third kappa shape index (κ3) is 2.11. The van der Waals surface area contributed by atoms with E-state index in [2.05, 4.69) is 17.3 Å². The summed E-state index contributed by atoms with van der Waals surface area (Å²) < 4.78 is 1.91. The van der Waals surface area contributed by atoms with Crippen LogP contribution < -0.4 is 5.32 Å². The number of hydrogen-bond acceptors (Lipinski definition) is 2. The van der Waals surface area contributed by atoms with Crippen molar-refractivity contribution in [2.45, 2.75) is 32.7 Å². The highest BCUT2D eigenvalue weighted by atomic mass is 35.5. The van der Waals surface area contributed by atoms with Gasteiger partial charge in [0.2, 0.25) is 0 Å². The normalized spacial score (nSPS) is 25.8. The lowest BCUT2D eigenvalue weighted by molar-refractivity contribution is 0.466. The molecule has 0 saturated heterocycles. The number of hydrogen-bond donors (Lipinski definition) is 1. The zero-order valence-corrected chi connectivity index (χ0v) is 11.2. The Labute approximate surface area is 102 Å². The van der Waals surface area contributed by atoms with E-state index in [1.54, 1.807) is 0 Å². The second kappa shape index (κ2) is 4.38. The summed E-state index contributed by atoms with van der Waals surface area (Å²) in [6.45, 7) is 4.27. The molecule has 0 aliphatic heterocycles. The Morgan fingerprint density at radius 1 is 1.62 bits per heavy atom. The molecule has 1 aliphatic carbocycles. The molecule has 90 valence electrons. The number of nitrogens with one attached hydrogen (secondary N) is 1. The van der Waals surface area contributed by atoms with Gasteiger partial charge >= 0.3 is 0 Å². The first kappa shape index (κ1) is 11.9. The molecule has 3 atom stereocenters. The molecule has 0 aromatic carbocycles. The molecule has 1 aromatic rings. The van der Waals surface area contributed by atoms with Gasteiger partial charge in [-0.25, -0.2) is 0 Å². The molecule has 0 radical (unpaired) electrons. The molecule has 1 fully saturated rings. The van der Waals surface area contributed by atoms with Crippen molar-refractivity contribution in [1.82, 2.24) is 15.1 Å². The summed E-state index contributed by atoms with van der Waals surface area (Å²) in [7, 11) is 4.00. The Hall–Kier alpha value is -0.540. The van der Waals surface area contributed by atoms with Crippen molar-refractivity contribution in [2.24, 2.45) is 18.9 Å². The molecule has 1 aromatic heterocycles. The van der Waals surface area contributed by atoms with Gasteiger partial charge in [0.15, 0.2) is 0 Å². The summed E-state index contributed by atoms with van der Waals surface area (Å²) in [4.78, 5) is 0. The van der Waals surface area contributed by atoms with Gasteiger partial charge in [0.25, 0.3) is 0 Å². The lowest BCUT2D eigenvalue weighted by Gasteiger charge is -2.16. The minimum Gasteiger partial charge on any atom is -0.316 e. The van der Waals surface area contributed by atoms with E-state index in [1.165, 1.54) is 6.42 Å². The Balaban J connectivity index is 2.12. The van der Waals surface area contributed by atoms with Crippen LogP contribution in [-0.4, -0.2) is 22.9 Å². The molecule has 0 bridgehead atoms. The molecule has 1 N–H and O–H groups in total. The van der Waals surface area contributed by atoms with Crippen LogP contribution in [0.1, 0.15) is 24.7 Å². The lowest BCUT2D eigenvalue weighted by Crippen LogP contribution is -2.31. The lowest BCUT2D eigenvalue weighted by atomic mass is 10.1. The van der Waals surface area contributed by atoms with Gasteiger partial charge in [-0.15, -0.1) is 0 Å². The summed E-state index contributed by atoms with van der Waals surface area (Å²) in [5.74, 6) is 1.65. The van der Waals surface area contributed by atoms with Gasteiger partial charge in [-0.05, 0) is 32.2 Å². The smallest absolute Gasteiger partial charge is 0.0847 e. The highest BCUT2D eigenvalue weighted by molar-refractivity contribution is 6.31. The van der Waals surface area contributed by atoms with Crippen molar-refractivity contribution in [3.8, 4) is 0 Å². The maximum absolute atomic E-state index is 6.27. The van der Waals surface area contributed by atoms with Crippen molar-refractivity contribution < 1.29 is 0 Å². The van der Waals surface area contributed by atoms with E-state index in [1.807, 2.05) is 25.7 Å². The van der Waals surface area contributed by atoms with Crippen LogP contribution in [0.3, 0.4) is 0 Å². The Morgan fingerprint density at radius 3 is 2.62 bits per heavy atom. The van der Waals surface area contributed by atoms with Gasteiger partial charge in [-0.1, -0.05) is 18.5 Å². The second-order valence-corrected chi connectivity index (χ2v) is 5.32. The van der Waals surface area contributed by atoms with Gasteiger partial charge in [0.05, 0.1) is 16.4 Å². The number of rotatable bonds is 4. The van der Waals surface area contributed by atoms with Crippen molar-refractivity contribution >= 4 is 11.6 Å². The summed E-state index contributed by atoms with van der Waals surface area (Å²) in [5.41, 5.74) is 2.08. The quantitative estimate of drug-likeness (QED) is 0.876. The van der Waals surface area contributed by atoms with Crippen molar-refractivity contribution in [2.75, 3.05) is 7.05 Å². The molecule has 4 heteroatoms. The predicted octanol–water partition coefficient (Wildman–Crippen LogP) is 2.17. The van der Waals surface area contributed by atoms with Crippen LogP contribution in [0.15, 0.2) is 0 Å². The van der Waals surface area contributed by atoms with Crippen LogP contribution in [0.25, 0.3) is 0 Å². The fourth-order valence-electron chi connectivity index (χ4n) is 2.49. The Kier molecular flexibility index (Phi) is 3.27. The molecule has 3 nitrogen and oxygen atoms in total. The third-order valence-corrected chi connectivity index (χ3v) is 4.23. The van der Waals surface area contributed by atoms with Crippen LogP contribution >= 0.6 is 11.6 Å². The second-order valence-electron chi connectivity index (χ2n) is 4.95. The Bertz CT molecular complexity index is 386. The fourth-order valence-corrected chi connectivity index (χ4v) is 2.73. The average molecular weight is 242 g/mol. The van der Waals surface area contributed by atoms with Crippen molar-refractivity contribution in [3.05, 3.63) is 16.4 Å². The maximum atomic E-state index is 6.27. The van der Waals surface area contributed by atoms with Crippen LogP contribution in [-0.2, 0) is 13.5 Å². The Morgan fingerprint density at radius 2 is 2.25 bits per heavy atom. The molecule has 1 saturated carbocycles. The predicted molar refractivity (Wildman–Crippen MR) is 66.8 cm³/mol. The zero-order valence-electron chi connectivity index (χ0n) is 10.4. The molecule has 3 unspecified atom stereocenters. The van der Waals surface area contributed by atoms with Crippen molar-refractivity contribution in [1.29, 1.82) is 0 Å². The maximum Gasteiger partial charge on any atom is 0.0847 e.